The van der Waals surface area contributed by atoms with E-state index < -0.39 is 0 Å². The second-order valence-corrected chi connectivity index (χ2v) is 3.67. The molecule has 0 radical (unpaired) electrons. The van der Waals surface area contributed by atoms with Crippen LogP contribution < -0.4 is 5.73 Å². The summed E-state index contributed by atoms with van der Waals surface area (Å²) < 4.78 is 10.5. The Hall–Kier alpha value is -0.810. The molecule has 0 aromatic heterocycles. The van der Waals surface area contributed by atoms with Crippen LogP contribution in [0.3, 0.4) is 0 Å². The van der Waals surface area contributed by atoms with E-state index in [1.807, 2.05) is 13.8 Å². The number of methoxy groups -OCH3 is 1. The first-order chi connectivity index (χ1) is 6.52. The molecule has 0 amide bonds. The van der Waals surface area contributed by atoms with Gasteiger partial charge in [0.2, 0.25) is 0 Å². The van der Waals surface area contributed by atoms with Gasteiger partial charge >= 0.3 is 0 Å². The number of nitrogens with zero attached hydrogens (tertiary/aromatic N) is 1. The van der Waals surface area contributed by atoms with Crippen LogP contribution in [-0.2, 0) is 9.47 Å². The lowest BCUT2D eigenvalue weighted by Crippen LogP contribution is -2.25. The van der Waals surface area contributed by atoms with Gasteiger partial charge in [0.25, 0.3) is 0 Å². The molecular formula is C9H20N2O3. The second kappa shape index (κ2) is 6.62. The molecule has 0 saturated heterocycles. The van der Waals surface area contributed by atoms with Crippen LogP contribution >= 0.6 is 0 Å². The number of rotatable bonds is 7. The van der Waals surface area contributed by atoms with Crippen LogP contribution in [0.25, 0.3) is 0 Å². The standard InChI is InChI=1S/C9H20N2O3/c1-9(2,13-3)5-7-14-6-4-8(10)11-12/h12H,4-7H2,1-3H3,(H2,10,11). The summed E-state index contributed by atoms with van der Waals surface area (Å²) in [6, 6.07) is 0. The van der Waals surface area contributed by atoms with Crippen molar-refractivity contribution in [3.05, 3.63) is 0 Å². The van der Waals surface area contributed by atoms with E-state index in [4.69, 9.17) is 20.4 Å². The zero-order chi connectivity index (χ0) is 11.0. The third-order valence-corrected chi connectivity index (χ3v) is 2.03. The Kier molecular flexibility index (Phi) is 6.23. The normalized spacial score (nSPS) is 13.2. The molecule has 5 nitrogen and oxygen atoms in total. The summed E-state index contributed by atoms with van der Waals surface area (Å²) in [5.74, 6) is 0.191. The van der Waals surface area contributed by atoms with E-state index in [1.54, 1.807) is 7.11 Å². The van der Waals surface area contributed by atoms with Crippen LogP contribution in [0.15, 0.2) is 5.16 Å². The van der Waals surface area contributed by atoms with E-state index in [9.17, 15) is 0 Å². The molecule has 0 fully saturated rings. The minimum atomic E-state index is -0.156. The van der Waals surface area contributed by atoms with Crippen molar-refractivity contribution in [2.24, 2.45) is 10.9 Å². The Balaban J connectivity index is 3.39. The zero-order valence-corrected chi connectivity index (χ0v) is 9.12. The fourth-order valence-electron chi connectivity index (χ4n) is 0.749. The molecule has 0 aromatic carbocycles. The molecule has 5 heteroatoms. The van der Waals surface area contributed by atoms with E-state index >= 15 is 0 Å². The third kappa shape index (κ3) is 6.68. The van der Waals surface area contributed by atoms with Crippen molar-refractivity contribution in [3.8, 4) is 0 Å². The summed E-state index contributed by atoms with van der Waals surface area (Å²) in [7, 11) is 1.68. The minimum absolute atomic E-state index is 0.156. The van der Waals surface area contributed by atoms with Crippen molar-refractivity contribution in [1.29, 1.82) is 0 Å². The maximum atomic E-state index is 8.25. The largest absolute Gasteiger partial charge is 0.409 e. The lowest BCUT2D eigenvalue weighted by molar-refractivity contribution is -0.00898. The quantitative estimate of drug-likeness (QED) is 0.213. The highest BCUT2D eigenvalue weighted by Gasteiger charge is 2.15. The molecule has 0 bridgehead atoms. The van der Waals surface area contributed by atoms with Crippen LogP contribution in [0.5, 0.6) is 0 Å². The van der Waals surface area contributed by atoms with Gasteiger partial charge in [0.15, 0.2) is 0 Å². The molecule has 0 rings (SSSR count). The molecule has 0 unspecified atom stereocenters. The topological polar surface area (TPSA) is 77.1 Å². The van der Waals surface area contributed by atoms with E-state index in [0.717, 1.165) is 6.42 Å². The lowest BCUT2D eigenvalue weighted by atomic mass is 10.1. The van der Waals surface area contributed by atoms with Crippen molar-refractivity contribution in [2.45, 2.75) is 32.3 Å². The van der Waals surface area contributed by atoms with Crippen molar-refractivity contribution in [1.82, 2.24) is 0 Å². The van der Waals surface area contributed by atoms with Gasteiger partial charge in [-0.2, -0.15) is 0 Å². The van der Waals surface area contributed by atoms with Gasteiger partial charge in [-0.15, -0.1) is 0 Å². The summed E-state index contributed by atoms with van der Waals surface area (Å²) in [6.07, 6.45) is 1.27. The van der Waals surface area contributed by atoms with Gasteiger partial charge in [-0.25, -0.2) is 0 Å². The van der Waals surface area contributed by atoms with Gasteiger partial charge in [-0.1, -0.05) is 5.16 Å². The summed E-state index contributed by atoms with van der Waals surface area (Å²) in [4.78, 5) is 0. The molecule has 14 heavy (non-hydrogen) atoms. The van der Waals surface area contributed by atoms with E-state index in [2.05, 4.69) is 5.16 Å². The van der Waals surface area contributed by atoms with Crippen molar-refractivity contribution in [2.75, 3.05) is 20.3 Å². The molecule has 0 aliphatic heterocycles. The number of oxime groups is 1. The molecule has 0 aliphatic carbocycles. The van der Waals surface area contributed by atoms with E-state index in [-0.39, 0.29) is 11.4 Å². The van der Waals surface area contributed by atoms with Crippen molar-refractivity contribution < 1.29 is 14.7 Å². The Morgan fingerprint density at radius 2 is 2.07 bits per heavy atom. The molecule has 0 saturated carbocycles. The minimum Gasteiger partial charge on any atom is -0.409 e. The van der Waals surface area contributed by atoms with Gasteiger partial charge in [0.05, 0.1) is 12.2 Å². The highest BCUT2D eigenvalue weighted by Crippen LogP contribution is 2.12. The van der Waals surface area contributed by atoms with Crippen LogP contribution in [0.4, 0.5) is 0 Å². The Morgan fingerprint density at radius 1 is 1.43 bits per heavy atom. The average Bonchev–Trinajstić information content (AvgIpc) is 2.17. The predicted octanol–water partition coefficient (Wildman–Crippen LogP) is 0.955. The van der Waals surface area contributed by atoms with Gasteiger partial charge in [0.1, 0.15) is 5.84 Å². The molecule has 84 valence electrons. The van der Waals surface area contributed by atoms with E-state index in [1.165, 1.54) is 0 Å². The fraction of sp³-hybridized carbons (Fsp3) is 0.889. The Labute approximate surface area is 84.9 Å². The fourth-order valence-corrected chi connectivity index (χ4v) is 0.749. The average molecular weight is 204 g/mol. The SMILES string of the molecule is COC(C)(C)CCOCCC(N)=NO. The van der Waals surface area contributed by atoms with Gasteiger partial charge in [0, 0.05) is 20.1 Å². The highest BCUT2D eigenvalue weighted by molar-refractivity contribution is 5.79. The van der Waals surface area contributed by atoms with Crippen LogP contribution in [-0.4, -0.2) is 37.0 Å². The first-order valence-corrected chi connectivity index (χ1v) is 4.61. The van der Waals surface area contributed by atoms with Gasteiger partial charge in [-0.05, 0) is 20.3 Å². The molecule has 3 N–H and O–H groups in total. The van der Waals surface area contributed by atoms with Crippen LogP contribution in [0, 0.1) is 0 Å². The lowest BCUT2D eigenvalue weighted by Gasteiger charge is -2.22. The monoisotopic (exact) mass is 204 g/mol. The van der Waals surface area contributed by atoms with Crippen molar-refractivity contribution in [3.63, 3.8) is 0 Å². The number of ether oxygens (including phenoxy) is 2. The maximum Gasteiger partial charge on any atom is 0.141 e. The van der Waals surface area contributed by atoms with Crippen molar-refractivity contribution >= 4 is 5.84 Å². The molecule has 0 heterocycles. The summed E-state index contributed by atoms with van der Waals surface area (Å²) >= 11 is 0. The summed E-state index contributed by atoms with van der Waals surface area (Å²) in [5, 5.41) is 11.1. The third-order valence-electron chi connectivity index (χ3n) is 2.03. The second-order valence-electron chi connectivity index (χ2n) is 3.67. The number of hydrogen-bond acceptors (Lipinski definition) is 4. The first-order valence-electron chi connectivity index (χ1n) is 4.61. The summed E-state index contributed by atoms with van der Waals surface area (Å²) in [6.45, 7) is 5.08. The predicted molar refractivity (Wildman–Crippen MR) is 54.5 cm³/mol. The summed E-state index contributed by atoms with van der Waals surface area (Å²) in [5.41, 5.74) is 5.11. The smallest absolute Gasteiger partial charge is 0.141 e. The molecule has 0 atom stereocenters. The number of nitrogens with two attached hydrogens (primary N) is 1. The zero-order valence-electron chi connectivity index (χ0n) is 9.12. The molecule has 0 aromatic rings. The maximum absolute atomic E-state index is 8.25. The van der Waals surface area contributed by atoms with Gasteiger partial charge in [-0.3, -0.25) is 0 Å². The number of amidine groups is 1. The molecular weight excluding hydrogens is 184 g/mol. The highest BCUT2D eigenvalue weighted by atomic mass is 16.5. The molecule has 0 aliphatic rings. The molecule has 0 spiro atoms. The first kappa shape index (κ1) is 13.2. The van der Waals surface area contributed by atoms with Gasteiger partial charge < -0.3 is 20.4 Å². The van der Waals surface area contributed by atoms with Crippen LogP contribution in [0.1, 0.15) is 26.7 Å². The Morgan fingerprint density at radius 3 is 2.57 bits per heavy atom. The van der Waals surface area contributed by atoms with Crippen LogP contribution in [0.2, 0.25) is 0 Å². The van der Waals surface area contributed by atoms with E-state index in [0.29, 0.717) is 19.6 Å². The number of hydrogen-bond donors (Lipinski definition) is 2. The Bertz CT molecular complexity index is 181.